The first-order chi connectivity index (χ1) is 17.5. The molecule has 3 heterocycles. The van der Waals surface area contributed by atoms with E-state index < -0.39 is 6.10 Å². The van der Waals surface area contributed by atoms with Crippen LogP contribution in [0, 0.1) is 5.41 Å². The van der Waals surface area contributed by atoms with Gasteiger partial charge in [-0.25, -0.2) is 9.97 Å². The zero-order valence-electron chi connectivity index (χ0n) is 20.8. The molecule has 1 unspecified atom stereocenters. The van der Waals surface area contributed by atoms with Gasteiger partial charge in [-0.1, -0.05) is 18.2 Å². The number of nitrogens with one attached hydrogen (secondary N) is 4. The van der Waals surface area contributed by atoms with Gasteiger partial charge in [0.2, 0.25) is 0 Å². The highest BCUT2D eigenvalue weighted by molar-refractivity contribution is 5.93. The molecular weight excluding hydrogens is 454 g/mol. The van der Waals surface area contributed by atoms with Gasteiger partial charge in [0.1, 0.15) is 29.9 Å². The molecule has 0 aliphatic heterocycles. The molecule has 1 aromatic carbocycles. The zero-order valence-corrected chi connectivity index (χ0v) is 20.8. The standard InChI is InChI=1S/C27H33N7O2/c1-18(2)32-27-23(13-28)25(30-14-20-15-31-26-9-4-5-10-34(20)26)12-24(33-27)19-7-6-8-22(11-19)36-17-21(35)16-29-3/h4-13,15,18,21,28-29,35H,14,16-17H2,1-3H3,(H2,30,32,33). The maximum Gasteiger partial charge on any atom is 0.137 e. The fourth-order valence-electron chi connectivity index (χ4n) is 3.91. The van der Waals surface area contributed by atoms with Gasteiger partial charge in [0.05, 0.1) is 29.7 Å². The number of ether oxygens (including phenoxy) is 1. The molecular formula is C27H33N7O2. The maximum absolute atomic E-state index is 9.97. The number of aromatic nitrogens is 3. The molecule has 188 valence electrons. The zero-order chi connectivity index (χ0) is 25.5. The van der Waals surface area contributed by atoms with E-state index in [9.17, 15) is 5.11 Å². The molecule has 0 spiro atoms. The topological polar surface area (TPSA) is 120 Å². The lowest BCUT2D eigenvalue weighted by Crippen LogP contribution is -2.29. The van der Waals surface area contributed by atoms with Crippen LogP contribution in [0.1, 0.15) is 25.1 Å². The van der Waals surface area contributed by atoms with Crippen LogP contribution in [0.5, 0.6) is 5.75 Å². The SMILES string of the molecule is CNCC(O)COc1cccc(-c2cc(NCc3cnc4ccccn34)c(C=N)c(NC(C)C)n2)c1. The monoisotopic (exact) mass is 487 g/mol. The van der Waals surface area contributed by atoms with Gasteiger partial charge in [0.15, 0.2) is 0 Å². The summed E-state index contributed by atoms with van der Waals surface area (Å²) in [6.45, 7) is 5.26. The minimum atomic E-state index is -0.596. The number of hydrogen-bond acceptors (Lipinski definition) is 8. The summed E-state index contributed by atoms with van der Waals surface area (Å²) in [7, 11) is 1.79. The first kappa shape index (κ1) is 25.2. The lowest BCUT2D eigenvalue weighted by atomic mass is 10.1. The molecule has 0 amide bonds. The Labute approximate surface area is 211 Å². The molecule has 0 aliphatic carbocycles. The van der Waals surface area contributed by atoms with Crippen molar-refractivity contribution in [1.82, 2.24) is 19.7 Å². The summed E-state index contributed by atoms with van der Waals surface area (Å²) in [6, 6.07) is 15.6. The molecule has 0 saturated heterocycles. The molecule has 1 atom stereocenters. The number of pyridine rings is 2. The molecule has 4 rings (SSSR count). The third-order valence-corrected chi connectivity index (χ3v) is 5.59. The number of imidazole rings is 1. The smallest absolute Gasteiger partial charge is 0.137 e. The van der Waals surface area contributed by atoms with Crippen molar-refractivity contribution in [1.29, 1.82) is 5.41 Å². The lowest BCUT2D eigenvalue weighted by molar-refractivity contribution is 0.108. The Bertz CT molecular complexity index is 1320. The third kappa shape index (κ3) is 5.99. The fourth-order valence-corrected chi connectivity index (χ4v) is 3.91. The van der Waals surface area contributed by atoms with Crippen LogP contribution < -0.4 is 20.7 Å². The van der Waals surface area contributed by atoms with Crippen LogP contribution >= 0.6 is 0 Å². The van der Waals surface area contributed by atoms with E-state index in [2.05, 4.69) is 20.9 Å². The quantitative estimate of drug-likeness (QED) is 0.193. The molecule has 36 heavy (non-hydrogen) atoms. The molecule has 0 aliphatic rings. The number of nitrogens with zero attached hydrogens (tertiary/aromatic N) is 3. The first-order valence-electron chi connectivity index (χ1n) is 12.0. The van der Waals surface area contributed by atoms with Crippen LogP contribution in [0.25, 0.3) is 16.9 Å². The number of likely N-dealkylation sites (N-methyl/N-ethyl adjacent to an activating group) is 1. The van der Waals surface area contributed by atoms with Crippen LogP contribution in [-0.2, 0) is 6.54 Å². The Kier molecular flexibility index (Phi) is 8.14. The van der Waals surface area contributed by atoms with Crippen molar-refractivity contribution in [2.75, 3.05) is 30.8 Å². The van der Waals surface area contributed by atoms with Crippen molar-refractivity contribution in [2.24, 2.45) is 0 Å². The predicted molar refractivity (Wildman–Crippen MR) is 144 cm³/mol. The third-order valence-electron chi connectivity index (χ3n) is 5.59. The number of fused-ring (bicyclic) bond motifs is 1. The van der Waals surface area contributed by atoms with E-state index in [0.29, 0.717) is 30.2 Å². The Hall–Kier alpha value is -3.95. The molecule has 4 aromatic rings. The molecule has 9 nitrogen and oxygen atoms in total. The summed E-state index contributed by atoms with van der Waals surface area (Å²) in [5.41, 5.74) is 4.98. The van der Waals surface area contributed by atoms with Crippen LogP contribution in [0.3, 0.4) is 0 Å². The van der Waals surface area contributed by atoms with Gasteiger partial charge in [-0.3, -0.25) is 0 Å². The van der Waals surface area contributed by atoms with Gasteiger partial charge in [-0.05, 0) is 51.2 Å². The van der Waals surface area contributed by atoms with Gasteiger partial charge < -0.3 is 35.6 Å². The summed E-state index contributed by atoms with van der Waals surface area (Å²) < 4.78 is 7.83. The normalized spacial score (nSPS) is 12.0. The van der Waals surface area contributed by atoms with E-state index in [1.165, 1.54) is 6.21 Å². The van der Waals surface area contributed by atoms with Crippen molar-refractivity contribution >= 4 is 23.4 Å². The second kappa shape index (κ2) is 11.7. The van der Waals surface area contributed by atoms with Gasteiger partial charge in [-0.2, -0.15) is 0 Å². The van der Waals surface area contributed by atoms with E-state index in [0.717, 1.165) is 28.3 Å². The molecule has 3 aromatic heterocycles. The molecule has 5 N–H and O–H groups in total. The average molecular weight is 488 g/mol. The Morgan fingerprint density at radius 1 is 1.17 bits per heavy atom. The molecule has 0 bridgehead atoms. The molecule has 9 heteroatoms. The van der Waals surface area contributed by atoms with Crippen molar-refractivity contribution in [3.8, 4) is 17.0 Å². The van der Waals surface area contributed by atoms with Crippen LogP contribution in [0.2, 0.25) is 0 Å². The van der Waals surface area contributed by atoms with E-state index in [4.69, 9.17) is 15.1 Å². The Morgan fingerprint density at radius 2 is 2.03 bits per heavy atom. The molecule has 0 radical (unpaired) electrons. The molecule has 0 saturated carbocycles. The van der Waals surface area contributed by atoms with Gasteiger partial charge in [-0.15, -0.1) is 0 Å². The highest BCUT2D eigenvalue weighted by Crippen LogP contribution is 2.30. The van der Waals surface area contributed by atoms with E-state index >= 15 is 0 Å². The van der Waals surface area contributed by atoms with E-state index in [-0.39, 0.29) is 12.6 Å². The predicted octanol–water partition coefficient (Wildman–Crippen LogP) is 3.79. The lowest BCUT2D eigenvalue weighted by Gasteiger charge is -2.18. The van der Waals surface area contributed by atoms with Crippen LogP contribution in [0.15, 0.2) is 60.9 Å². The number of aliphatic hydroxyl groups excluding tert-OH is 1. The van der Waals surface area contributed by atoms with Crippen molar-refractivity contribution in [3.05, 3.63) is 72.2 Å². The van der Waals surface area contributed by atoms with Crippen LogP contribution in [-0.4, -0.2) is 58.0 Å². The Morgan fingerprint density at radius 3 is 2.81 bits per heavy atom. The second-order valence-corrected chi connectivity index (χ2v) is 8.84. The number of aliphatic hydroxyl groups is 1. The van der Waals surface area contributed by atoms with Crippen molar-refractivity contribution in [2.45, 2.75) is 32.5 Å². The summed E-state index contributed by atoms with van der Waals surface area (Å²) >= 11 is 0. The molecule has 0 fully saturated rings. The maximum atomic E-state index is 9.97. The van der Waals surface area contributed by atoms with Crippen LogP contribution in [0.4, 0.5) is 11.5 Å². The number of rotatable bonds is 12. The highest BCUT2D eigenvalue weighted by Gasteiger charge is 2.15. The first-order valence-corrected chi connectivity index (χ1v) is 12.0. The summed E-state index contributed by atoms with van der Waals surface area (Å²) in [4.78, 5) is 9.30. The largest absolute Gasteiger partial charge is 0.491 e. The minimum absolute atomic E-state index is 0.140. The number of hydrogen-bond donors (Lipinski definition) is 5. The summed E-state index contributed by atoms with van der Waals surface area (Å²) in [6.07, 6.45) is 4.56. The minimum Gasteiger partial charge on any atom is -0.491 e. The van der Waals surface area contributed by atoms with Gasteiger partial charge in [0, 0.05) is 36.2 Å². The van der Waals surface area contributed by atoms with Crippen molar-refractivity contribution in [3.63, 3.8) is 0 Å². The van der Waals surface area contributed by atoms with Gasteiger partial charge in [0.25, 0.3) is 0 Å². The summed E-state index contributed by atoms with van der Waals surface area (Å²) in [5.74, 6) is 1.29. The number of anilines is 2. The van der Waals surface area contributed by atoms with E-state index in [1.54, 1.807) is 7.05 Å². The number of benzene rings is 1. The Balaban J connectivity index is 1.65. The highest BCUT2D eigenvalue weighted by atomic mass is 16.5. The van der Waals surface area contributed by atoms with Crippen molar-refractivity contribution < 1.29 is 9.84 Å². The average Bonchev–Trinajstić information content (AvgIpc) is 3.29. The summed E-state index contributed by atoms with van der Waals surface area (Å²) in [5, 5.41) is 27.8. The fraction of sp³-hybridized carbons (Fsp3) is 0.296. The van der Waals surface area contributed by atoms with Gasteiger partial charge >= 0.3 is 0 Å². The second-order valence-electron chi connectivity index (χ2n) is 8.84. The van der Waals surface area contributed by atoms with E-state index in [1.807, 2.05) is 79.2 Å².